The van der Waals surface area contributed by atoms with Crippen LogP contribution in [0.25, 0.3) is 53.6 Å². The standard InChI is InChI=1S/C64H48B2N6O2S2/c1-40-18-16-17-27-49(40)59-57-58(62(52(39-68)64-70-54-33-31-48(74-3)37-56(54)76-64)71(59)65(43-19-8-4-9-20-43)44-21-10-5-11-22-44)60(50-35-41-28-29-42(50)34-41)72(66(45-23-12-6-13-24-45)46-25-14-7-15-26-46)61(57)51(38-67)63-69-53-32-30-47(73-2)36-55(53)75-63/h4-33,36-37,41-42,50H,34-35H2,1-3H3/b61-51-,62-52-. The van der Waals surface area contributed by atoms with Crippen molar-refractivity contribution in [1.82, 2.24) is 18.9 Å². The average Bonchev–Trinajstić information content (AvgIpc) is 4.54. The molecule has 11 aromatic rings. The number of hydrogen-bond acceptors (Lipinski definition) is 8. The molecule has 0 amide bonds. The molecular formula is C64H48B2N6O2S2. The number of fused-ring (bicyclic) bond motifs is 5. The van der Waals surface area contributed by atoms with Gasteiger partial charge in [0.25, 0.3) is 0 Å². The predicted molar refractivity (Wildman–Crippen MR) is 313 cm³/mol. The zero-order chi connectivity index (χ0) is 51.4. The molecule has 3 atom stereocenters. The number of thiazole rings is 2. The first kappa shape index (κ1) is 47.1. The smallest absolute Gasteiger partial charge is 0.328 e. The first-order chi connectivity index (χ1) is 37.4. The van der Waals surface area contributed by atoms with Crippen molar-refractivity contribution in [1.29, 1.82) is 10.5 Å². The first-order valence-electron chi connectivity index (χ1n) is 25.6. The van der Waals surface area contributed by atoms with E-state index in [1.165, 1.54) is 22.7 Å². The fourth-order valence-electron chi connectivity index (χ4n) is 12.2. The van der Waals surface area contributed by atoms with Crippen molar-refractivity contribution in [3.8, 4) is 34.9 Å². The minimum absolute atomic E-state index is 0.00605. The van der Waals surface area contributed by atoms with Crippen molar-refractivity contribution in [3.63, 3.8) is 0 Å². The van der Waals surface area contributed by atoms with E-state index >= 15 is 0 Å². The molecule has 1 saturated carbocycles. The highest BCUT2D eigenvalue weighted by Crippen LogP contribution is 2.51. The lowest BCUT2D eigenvalue weighted by Crippen LogP contribution is -2.55. The maximum Gasteiger partial charge on any atom is 0.328 e. The largest absolute Gasteiger partial charge is 0.497 e. The number of nitriles is 2. The quantitative estimate of drug-likeness (QED) is 0.0893. The van der Waals surface area contributed by atoms with Crippen molar-refractivity contribution in [3.05, 3.63) is 226 Å². The van der Waals surface area contributed by atoms with Crippen LogP contribution in [0.3, 0.4) is 0 Å². The fraction of sp³-hybridized carbons (Fsp3) is 0.125. The van der Waals surface area contributed by atoms with E-state index in [1.807, 2.05) is 36.4 Å². The Labute approximate surface area is 449 Å². The normalized spacial score (nSPS) is 16.5. The Bertz CT molecular complexity index is 4100. The second kappa shape index (κ2) is 19.6. The van der Waals surface area contributed by atoms with Crippen molar-refractivity contribution >= 4 is 101 Å². The molecule has 0 spiro atoms. The number of methoxy groups -OCH3 is 2. The van der Waals surface area contributed by atoms with E-state index in [9.17, 15) is 10.5 Å². The molecule has 76 heavy (non-hydrogen) atoms. The van der Waals surface area contributed by atoms with Crippen LogP contribution in [0.15, 0.2) is 194 Å². The molecule has 4 heterocycles. The van der Waals surface area contributed by atoms with Gasteiger partial charge >= 0.3 is 13.7 Å². The van der Waals surface area contributed by atoms with Gasteiger partial charge in [-0.15, -0.1) is 22.7 Å². The monoisotopic (exact) mass is 1020 g/mol. The summed E-state index contributed by atoms with van der Waals surface area (Å²) in [5.41, 5.74) is 10.7. The van der Waals surface area contributed by atoms with Crippen LogP contribution >= 0.6 is 22.7 Å². The molecule has 0 saturated heterocycles. The summed E-state index contributed by atoms with van der Waals surface area (Å²) in [5, 5.41) is 29.2. The number of benzene rings is 7. The molecule has 0 radical (unpaired) electrons. The summed E-state index contributed by atoms with van der Waals surface area (Å²) in [4.78, 5) is 10.7. The summed E-state index contributed by atoms with van der Waals surface area (Å²) in [6, 6.07) is 68.7. The number of ether oxygens (including phenoxy) is 2. The van der Waals surface area contributed by atoms with E-state index in [-0.39, 0.29) is 11.8 Å². The van der Waals surface area contributed by atoms with Crippen LogP contribution < -0.4 is 42.0 Å². The minimum atomic E-state index is -0.453. The maximum atomic E-state index is 12.3. The third kappa shape index (κ3) is 7.87. The molecule has 1 fully saturated rings. The summed E-state index contributed by atoms with van der Waals surface area (Å²) in [6.07, 6.45) is 6.75. The molecule has 4 aromatic heterocycles. The molecule has 2 aliphatic carbocycles. The number of nitrogens with zero attached hydrogens (tertiary/aromatic N) is 6. The fourth-order valence-corrected chi connectivity index (χ4v) is 14.2. The van der Waals surface area contributed by atoms with Crippen molar-refractivity contribution in [2.24, 2.45) is 11.8 Å². The Kier molecular flexibility index (Phi) is 12.1. The van der Waals surface area contributed by atoms with Crippen LogP contribution in [0, 0.1) is 41.4 Å². The van der Waals surface area contributed by atoms with Crippen LogP contribution in [-0.2, 0) is 0 Å². The third-order valence-electron chi connectivity index (χ3n) is 15.5. The molecule has 2 aliphatic rings. The van der Waals surface area contributed by atoms with Gasteiger partial charge in [-0.2, -0.15) is 10.5 Å². The number of aryl methyl sites for hydroxylation is 1. The lowest BCUT2D eigenvalue weighted by Gasteiger charge is -2.28. The Hall–Kier alpha value is -8.67. The van der Waals surface area contributed by atoms with Gasteiger partial charge in [0.1, 0.15) is 44.8 Å². The second-order valence-electron chi connectivity index (χ2n) is 19.7. The van der Waals surface area contributed by atoms with E-state index in [4.69, 9.17) is 19.4 Å². The van der Waals surface area contributed by atoms with E-state index in [0.717, 1.165) is 111 Å². The summed E-state index contributed by atoms with van der Waals surface area (Å²) in [5.74, 6) is 2.03. The SMILES string of the molecule is COc1ccc2nc(/C(C#N)=c3/c4c(C5CC6C=CC5C6)n(B(c5ccccc5)c5ccccc5)/c(=C(/C#N)c5nc6ccc(OC)cc6s5)c4c(-c4ccccc4C)n3B(c3ccccc3)c3ccccc3)sc2c1. The van der Waals surface area contributed by atoms with Gasteiger partial charge in [-0.3, -0.25) is 0 Å². The first-order valence-corrected chi connectivity index (χ1v) is 27.3. The summed E-state index contributed by atoms with van der Waals surface area (Å²) >= 11 is 3.00. The van der Waals surface area contributed by atoms with E-state index in [0.29, 0.717) is 27.1 Å². The lowest BCUT2D eigenvalue weighted by atomic mass is 9.49. The molecule has 8 nitrogen and oxygen atoms in total. The van der Waals surface area contributed by atoms with Crippen LogP contribution in [-0.4, -0.2) is 46.8 Å². The van der Waals surface area contributed by atoms with Gasteiger partial charge in [0, 0.05) is 33.6 Å². The Balaban J connectivity index is 1.36. The van der Waals surface area contributed by atoms with Gasteiger partial charge < -0.3 is 18.4 Å². The number of rotatable bonds is 12. The van der Waals surface area contributed by atoms with Gasteiger partial charge in [-0.1, -0.05) is 180 Å². The summed E-state index contributed by atoms with van der Waals surface area (Å²) in [6.45, 7) is 1.30. The summed E-state index contributed by atoms with van der Waals surface area (Å²) in [7, 11) is 3.34. The Morgan fingerprint density at radius 2 is 1.01 bits per heavy atom. The summed E-state index contributed by atoms with van der Waals surface area (Å²) < 4.78 is 18.3. The average molecular weight is 1020 g/mol. The third-order valence-corrected chi connectivity index (χ3v) is 17.6. The Morgan fingerprint density at radius 1 is 0.553 bits per heavy atom. The second-order valence-corrected chi connectivity index (χ2v) is 21.8. The van der Waals surface area contributed by atoms with E-state index in [1.54, 1.807) is 14.2 Å². The van der Waals surface area contributed by atoms with E-state index < -0.39 is 13.7 Å². The highest BCUT2D eigenvalue weighted by molar-refractivity contribution is 7.20. The van der Waals surface area contributed by atoms with Gasteiger partial charge in [-0.05, 0) is 73.6 Å². The number of aromatic nitrogens is 4. The Morgan fingerprint density at radius 3 is 1.45 bits per heavy atom. The lowest BCUT2D eigenvalue weighted by molar-refractivity contribution is 0.415. The zero-order valence-corrected chi connectivity index (χ0v) is 43.7. The van der Waals surface area contributed by atoms with Crippen LogP contribution in [0.2, 0.25) is 0 Å². The van der Waals surface area contributed by atoms with Crippen LogP contribution in [0.4, 0.5) is 0 Å². The topological polar surface area (TPSA) is 102 Å². The van der Waals surface area contributed by atoms with E-state index in [2.05, 4.69) is 186 Å². The molecule has 13 rings (SSSR count). The highest BCUT2D eigenvalue weighted by atomic mass is 32.1. The number of allylic oxidation sites excluding steroid dienone is 2. The molecule has 12 heteroatoms. The van der Waals surface area contributed by atoms with Gasteiger partial charge in [0.05, 0.1) is 45.4 Å². The molecule has 0 N–H and O–H groups in total. The highest BCUT2D eigenvalue weighted by Gasteiger charge is 2.44. The maximum absolute atomic E-state index is 12.3. The molecule has 3 unspecified atom stereocenters. The van der Waals surface area contributed by atoms with Crippen LogP contribution in [0.1, 0.15) is 40.0 Å². The molecule has 364 valence electrons. The van der Waals surface area contributed by atoms with Crippen LogP contribution in [0.5, 0.6) is 11.5 Å². The van der Waals surface area contributed by atoms with Gasteiger partial charge in [-0.25, -0.2) is 9.97 Å². The predicted octanol–water partition coefficient (Wildman–Crippen LogP) is 10.1. The molecule has 0 aliphatic heterocycles. The molecular weight excluding hydrogens is 971 g/mol. The molecule has 2 bridgehead atoms. The minimum Gasteiger partial charge on any atom is -0.497 e. The van der Waals surface area contributed by atoms with Crippen molar-refractivity contribution in [2.75, 3.05) is 14.2 Å². The van der Waals surface area contributed by atoms with Gasteiger partial charge in [0.15, 0.2) is 0 Å². The van der Waals surface area contributed by atoms with Gasteiger partial charge in [0.2, 0.25) is 0 Å². The van der Waals surface area contributed by atoms with Crippen molar-refractivity contribution in [2.45, 2.75) is 25.7 Å². The zero-order valence-electron chi connectivity index (χ0n) is 42.1. The number of hydrogen-bond donors (Lipinski definition) is 0. The van der Waals surface area contributed by atoms with Crippen molar-refractivity contribution < 1.29 is 9.47 Å². The molecule has 7 aromatic carbocycles.